The van der Waals surface area contributed by atoms with E-state index in [0.717, 1.165) is 29.0 Å². The number of ether oxygens (including phenoxy) is 1. The summed E-state index contributed by atoms with van der Waals surface area (Å²) in [7, 11) is 0. The van der Waals surface area contributed by atoms with E-state index in [4.69, 9.17) is 21.3 Å². The van der Waals surface area contributed by atoms with Crippen LogP contribution >= 0.6 is 22.9 Å². The number of nitrogens with zero attached hydrogens (tertiary/aromatic N) is 3. The Hall–Kier alpha value is -3.02. The van der Waals surface area contributed by atoms with Crippen LogP contribution in [0.1, 0.15) is 76.4 Å². The van der Waals surface area contributed by atoms with Gasteiger partial charge in [-0.15, -0.1) is 11.3 Å². The van der Waals surface area contributed by atoms with Crippen molar-refractivity contribution in [1.82, 2.24) is 14.5 Å². The molecule has 3 aromatic rings. The first-order chi connectivity index (χ1) is 21.5. The highest BCUT2D eigenvalue weighted by atomic mass is 35.5. The minimum atomic E-state index is -2.58. The first kappa shape index (κ1) is 30.6. The van der Waals surface area contributed by atoms with E-state index in [-0.39, 0.29) is 48.1 Å². The van der Waals surface area contributed by atoms with Gasteiger partial charge in [0.2, 0.25) is 0 Å². The van der Waals surface area contributed by atoms with Gasteiger partial charge in [-0.1, -0.05) is 11.6 Å². The van der Waals surface area contributed by atoms with Gasteiger partial charge in [-0.2, -0.15) is 0 Å². The Balaban J connectivity index is 1.08. The van der Waals surface area contributed by atoms with Crippen LogP contribution in [0.3, 0.4) is 0 Å². The van der Waals surface area contributed by atoms with Crippen molar-refractivity contribution >= 4 is 34.6 Å². The summed E-state index contributed by atoms with van der Waals surface area (Å²) in [5.74, 6) is -2.90. The van der Waals surface area contributed by atoms with Crippen molar-refractivity contribution in [3.05, 3.63) is 72.0 Å². The quantitative estimate of drug-likeness (QED) is 0.311. The van der Waals surface area contributed by atoms with Crippen LogP contribution in [0.15, 0.2) is 28.4 Å². The van der Waals surface area contributed by atoms with Gasteiger partial charge in [-0.05, 0) is 70.1 Å². The fraction of sp³-hybridized carbons (Fsp3) is 0.545. The average Bonchev–Trinajstić information content (AvgIpc) is 3.70. The van der Waals surface area contributed by atoms with Gasteiger partial charge in [0.05, 0.1) is 23.5 Å². The summed E-state index contributed by atoms with van der Waals surface area (Å²) in [5.41, 5.74) is 3.22. The summed E-state index contributed by atoms with van der Waals surface area (Å²) in [6.07, 6.45) is 3.35. The Morgan fingerprint density at radius 3 is 2.89 bits per heavy atom. The highest BCUT2D eigenvalue weighted by Gasteiger charge is 2.54. The predicted octanol–water partition coefficient (Wildman–Crippen LogP) is 6.21. The number of carbonyl (C=O) groups is 1. The molecule has 1 aromatic carbocycles. The number of anilines is 1. The molecule has 4 aliphatic rings. The lowest BCUT2D eigenvalue weighted by Crippen LogP contribution is -2.43. The summed E-state index contributed by atoms with van der Waals surface area (Å²) >= 11 is 7.85. The highest BCUT2D eigenvalue weighted by molar-refractivity contribution is 7.11. The van der Waals surface area contributed by atoms with Crippen molar-refractivity contribution in [3.63, 3.8) is 0 Å². The van der Waals surface area contributed by atoms with Crippen molar-refractivity contribution < 1.29 is 23.4 Å². The number of carboxylic acid groups (broad SMARTS) is 1. The largest absolute Gasteiger partial charge is 0.491 e. The van der Waals surface area contributed by atoms with Gasteiger partial charge in [-0.3, -0.25) is 14.3 Å². The molecule has 5 atom stereocenters. The van der Waals surface area contributed by atoms with Gasteiger partial charge in [0, 0.05) is 69.8 Å². The van der Waals surface area contributed by atoms with E-state index < -0.39 is 17.8 Å². The highest BCUT2D eigenvalue weighted by Crippen LogP contribution is 2.49. The van der Waals surface area contributed by atoms with E-state index in [2.05, 4.69) is 10.2 Å². The fourth-order valence-corrected chi connectivity index (χ4v) is 9.38. The summed E-state index contributed by atoms with van der Waals surface area (Å²) in [5, 5.41) is 15.3. The molecule has 2 aromatic heterocycles. The maximum Gasteiger partial charge on any atom is 0.338 e. The topological polar surface area (TPSA) is 96.7 Å². The van der Waals surface area contributed by atoms with Crippen LogP contribution in [-0.4, -0.2) is 63.2 Å². The van der Waals surface area contributed by atoms with E-state index in [1.165, 1.54) is 11.3 Å². The third kappa shape index (κ3) is 5.54. The van der Waals surface area contributed by atoms with Crippen molar-refractivity contribution in [2.24, 2.45) is 11.8 Å². The summed E-state index contributed by atoms with van der Waals surface area (Å²) in [6, 6.07) is 5.60. The first-order valence-electron chi connectivity index (χ1n) is 15.7. The second-order valence-electron chi connectivity index (χ2n) is 13.1. The third-order valence-corrected chi connectivity index (χ3v) is 11.7. The van der Waals surface area contributed by atoms with Gasteiger partial charge in [0.1, 0.15) is 18.2 Å². The van der Waals surface area contributed by atoms with Gasteiger partial charge in [0.25, 0.3) is 11.5 Å². The smallest absolute Gasteiger partial charge is 0.338 e. The van der Waals surface area contributed by atoms with E-state index in [1.807, 2.05) is 26.0 Å². The van der Waals surface area contributed by atoms with Crippen LogP contribution in [0.25, 0.3) is 0 Å². The zero-order valence-electron chi connectivity index (χ0n) is 25.3. The Morgan fingerprint density at radius 2 is 2.11 bits per heavy atom. The fourth-order valence-electron chi connectivity index (χ4n) is 8.06. The molecule has 2 fully saturated rings. The molecular formula is C33H37ClF2N4O4S. The molecule has 1 saturated heterocycles. The number of alkyl halides is 2. The number of likely N-dealkylation sites (tertiary alicyclic amines) is 1. The molecule has 2 N–H and O–H groups in total. The molecule has 8 nitrogen and oxygen atoms in total. The van der Waals surface area contributed by atoms with E-state index in [9.17, 15) is 23.5 Å². The number of aromatic carboxylic acids is 1. The van der Waals surface area contributed by atoms with Crippen LogP contribution in [0.2, 0.25) is 5.02 Å². The molecule has 7 rings (SSSR count). The monoisotopic (exact) mass is 658 g/mol. The van der Waals surface area contributed by atoms with Crippen LogP contribution in [-0.2, 0) is 19.4 Å². The van der Waals surface area contributed by atoms with E-state index in [1.54, 1.807) is 16.0 Å². The van der Waals surface area contributed by atoms with Gasteiger partial charge >= 0.3 is 5.97 Å². The molecule has 240 valence electrons. The van der Waals surface area contributed by atoms with Crippen molar-refractivity contribution in [3.8, 4) is 5.75 Å². The summed E-state index contributed by atoms with van der Waals surface area (Å²) in [6.45, 7) is 5.47. The van der Waals surface area contributed by atoms with Gasteiger partial charge < -0.3 is 15.2 Å². The van der Waals surface area contributed by atoms with E-state index in [0.29, 0.717) is 66.7 Å². The van der Waals surface area contributed by atoms with Crippen molar-refractivity contribution in [1.29, 1.82) is 0 Å². The Kier molecular flexibility index (Phi) is 7.93. The lowest BCUT2D eigenvalue weighted by atomic mass is 9.86. The number of rotatable bonds is 7. The summed E-state index contributed by atoms with van der Waals surface area (Å²) in [4.78, 5) is 33.5. The molecule has 0 spiro atoms. The molecule has 4 heterocycles. The Bertz CT molecular complexity index is 1710. The molecule has 12 heteroatoms. The lowest BCUT2D eigenvalue weighted by molar-refractivity contribution is -0.0413. The Labute approximate surface area is 269 Å². The van der Waals surface area contributed by atoms with Crippen LogP contribution in [0, 0.1) is 18.8 Å². The minimum absolute atomic E-state index is 0.00509. The maximum atomic E-state index is 14.4. The number of thiophene rings is 1. The van der Waals surface area contributed by atoms with Crippen LogP contribution < -0.4 is 15.6 Å². The van der Waals surface area contributed by atoms with Crippen LogP contribution in [0.4, 0.5) is 14.5 Å². The molecule has 2 aliphatic carbocycles. The molecule has 1 saturated carbocycles. The number of nitrogens with one attached hydrogen (secondary N) is 1. The SMILES string of the molecule is Cc1nc2c(c(=O)n1CCOc1ccc(Cl)cc1C1CC(C)Nc3c(C(=O)O)csc31)C[C@H](N1C[C@H]3CCC(F)(F)[C@H]3C1)CC2. The standard InChI is InChI=1S/C33H37ClF2N4O4S/c1-17-11-23(30-29(37-17)25(16-45-30)32(42)43)22-12-20(34)3-6-28(22)44-10-9-40-18(2)38-27-5-4-21(13-24(27)31(40)41)39-14-19-7-8-33(35,36)26(19)15-39/h3,6,12,16-17,19,21,23,26,37H,4-5,7-11,13-15H2,1-2H3,(H,42,43)/t17?,19-,21-,23?,26+/m1/s1. The normalized spacial score (nSPS) is 27.0. The lowest BCUT2D eigenvalue weighted by Gasteiger charge is -2.33. The van der Waals surface area contributed by atoms with Gasteiger partial charge in [0.15, 0.2) is 0 Å². The molecular weight excluding hydrogens is 622 g/mol. The zero-order chi connectivity index (χ0) is 31.6. The van der Waals surface area contributed by atoms with Gasteiger partial charge in [-0.25, -0.2) is 18.6 Å². The number of hydrogen-bond donors (Lipinski definition) is 2. The molecule has 2 aliphatic heterocycles. The molecule has 45 heavy (non-hydrogen) atoms. The average molecular weight is 659 g/mol. The number of benzene rings is 1. The first-order valence-corrected chi connectivity index (χ1v) is 17.0. The minimum Gasteiger partial charge on any atom is -0.491 e. The van der Waals surface area contributed by atoms with Crippen molar-refractivity contribution in [2.75, 3.05) is 25.0 Å². The number of halogens is 3. The second-order valence-corrected chi connectivity index (χ2v) is 14.5. The Morgan fingerprint density at radius 1 is 1.29 bits per heavy atom. The van der Waals surface area contributed by atoms with Crippen LogP contribution in [0.5, 0.6) is 5.75 Å². The maximum absolute atomic E-state index is 14.4. The molecule has 0 amide bonds. The molecule has 0 radical (unpaired) electrons. The number of hydrogen-bond acceptors (Lipinski definition) is 7. The van der Waals surface area contributed by atoms with E-state index >= 15 is 0 Å². The van der Waals surface area contributed by atoms with Crippen molar-refractivity contribution in [2.45, 2.75) is 82.8 Å². The molecule has 2 unspecified atom stereocenters. The predicted molar refractivity (Wildman–Crippen MR) is 170 cm³/mol. The number of aromatic nitrogens is 2. The number of aryl methyl sites for hydroxylation is 2. The number of carboxylic acids is 1. The zero-order valence-corrected chi connectivity index (χ0v) is 26.9. The molecule has 0 bridgehead atoms. The summed E-state index contributed by atoms with van der Waals surface area (Å²) < 4.78 is 36.8. The second kappa shape index (κ2) is 11.7. The third-order valence-electron chi connectivity index (χ3n) is 10.3. The number of fused-ring (bicyclic) bond motifs is 3.